The molecule has 6 aromatic rings. The topological polar surface area (TPSA) is 613 Å². The van der Waals surface area contributed by atoms with E-state index in [1.807, 2.05) is 0 Å². The van der Waals surface area contributed by atoms with Gasteiger partial charge in [0.1, 0.15) is 45.2 Å². The predicted molar refractivity (Wildman–Crippen MR) is 361 cm³/mol. The number of ether oxygens (including phenoxy) is 6. The number of nitrogens with one attached hydrogen (secondary N) is 8. The Kier molecular flexibility index (Phi) is 28.0. The van der Waals surface area contributed by atoms with Crippen LogP contribution in [0.3, 0.4) is 0 Å². The number of rotatable bonds is 43. The molecule has 2 amide bonds. The van der Waals surface area contributed by atoms with E-state index in [1.165, 1.54) is 28.1 Å². The molecule has 20 N–H and O–H groups in total. The molecule has 0 spiro atoms. The van der Waals surface area contributed by atoms with E-state index < -0.39 is 132 Å². The molecule has 6 aromatic heterocycles. The normalized spacial score (nSPS) is 28.9. The minimum atomic E-state index is -1.49. The first-order chi connectivity index (χ1) is 52.1. The molecule has 6 saturated heterocycles. The monoisotopic (exact) mass is 1530 g/mol. The first kappa shape index (κ1) is 80.3. The first-order valence-electron chi connectivity index (χ1n) is 36.1. The SMILES string of the molecule is O=C(CCCCC(=O)NC(COCc1cn(C[C@@H]2NC[C@@H](O)[C@H]2O)nn1)(COCc1cn(C[C@@H]2NC[C@@H](O)[C@H]2O)nn1)COCc1cn(C[C@@H]2NC[C@@H](O)[C@H]2O)nn1)NC(COCc1cn(C[C@@H]2NC[C@@H](O)[C@H]2O)nn1)(COCc1cn(C[C@@H]2NC[C@@H](O)[C@H]2O)nn1)COCc1cn(C[C@@H]2NC[C@@H](O)[C@H]2O)nn1. The van der Waals surface area contributed by atoms with E-state index >= 15 is 0 Å². The summed E-state index contributed by atoms with van der Waals surface area (Å²) in [6.45, 7) is 0.106. The largest absolute Gasteiger partial charge is 0.389 e. The van der Waals surface area contributed by atoms with Crippen molar-refractivity contribution in [3.8, 4) is 0 Å². The van der Waals surface area contributed by atoms with Crippen molar-refractivity contribution in [1.29, 1.82) is 0 Å². The molecule has 0 radical (unpaired) electrons. The molecule has 12 rings (SSSR count). The maximum Gasteiger partial charge on any atom is 0.220 e. The second-order valence-electron chi connectivity index (χ2n) is 28.8. The minimum Gasteiger partial charge on any atom is -0.389 e. The summed E-state index contributed by atoms with van der Waals surface area (Å²) in [4.78, 5) is 29.2. The fourth-order valence-corrected chi connectivity index (χ4v) is 13.8. The molecule has 6 fully saturated rings. The number of carbonyl (C=O) groups excluding carboxylic acids is 2. The Bertz CT molecular complexity index is 3180. The maximum atomic E-state index is 14.6. The molecule has 0 saturated carbocycles. The van der Waals surface area contributed by atoms with Gasteiger partial charge < -0.3 is 132 Å². The van der Waals surface area contributed by atoms with Gasteiger partial charge in [0.05, 0.1) is 265 Å². The van der Waals surface area contributed by atoms with Gasteiger partial charge in [0.2, 0.25) is 11.8 Å². The summed E-state index contributed by atoms with van der Waals surface area (Å²) < 4.78 is 47.1. The Morgan fingerprint density at radius 3 is 0.657 bits per heavy atom. The fourth-order valence-electron chi connectivity index (χ4n) is 13.8. The molecule has 18 atom stereocenters. The molecule has 12 heterocycles. The van der Waals surface area contributed by atoms with Crippen LogP contribution >= 0.6 is 0 Å². The van der Waals surface area contributed by atoms with Gasteiger partial charge in [-0.15, -0.1) is 30.6 Å². The molecule has 0 aliphatic carbocycles. The van der Waals surface area contributed by atoms with E-state index in [-0.39, 0.29) is 184 Å². The molecule has 6 aliphatic rings. The van der Waals surface area contributed by atoms with Crippen LogP contribution in [0.1, 0.15) is 59.8 Å². The van der Waals surface area contributed by atoms with Crippen molar-refractivity contribution in [3.05, 3.63) is 71.3 Å². The van der Waals surface area contributed by atoms with Crippen LogP contribution < -0.4 is 42.5 Å². The Labute approximate surface area is 617 Å². The lowest BCUT2D eigenvalue weighted by atomic mass is 10.0. The van der Waals surface area contributed by atoms with Gasteiger partial charge in [-0.3, -0.25) is 37.7 Å². The van der Waals surface area contributed by atoms with Gasteiger partial charge >= 0.3 is 0 Å². The number of hydrogen-bond donors (Lipinski definition) is 20. The zero-order chi connectivity index (χ0) is 75.9. The lowest BCUT2D eigenvalue weighted by molar-refractivity contribution is -0.130. The highest BCUT2D eigenvalue weighted by Gasteiger charge is 2.41. The van der Waals surface area contributed by atoms with Gasteiger partial charge in [0.25, 0.3) is 0 Å². The van der Waals surface area contributed by atoms with Crippen LogP contribution in [-0.2, 0) is 117 Å². The van der Waals surface area contributed by atoms with Crippen molar-refractivity contribution in [2.45, 2.75) is 225 Å². The van der Waals surface area contributed by atoms with Crippen molar-refractivity contribution in [1.82, 2.24) is 132 Å². The lowest BCUT2D eigenvalue weighted by Gasteiger charge is -2.34. The number of unbranched alkanes of at least 4 members (excludes halogenated alkanes) is 1. The zero-order valence-corrected chi connectivity index (χ0v) is 59.3. The standard InChI is InChI=1S/C62H100N26O20/c89-47-5-63-41(55(47)97)17-83-11-35(71-77-83)23-103-29-61(30-104-24-36-12-84(78-72-36)18-42-56(98)48(90)6-64-42,31-105-25-37-13-85(79-73-37)19-43-57(99)49(91)7-65-43)69-53(95)3-1-2-4-54(96)70-62(32-106-26-38-14-86(80-74-38)20-44-58(100)50(92)8-66-44,33-107-27-39-15-87(81-75-39)21-45-59(101)51(93)9-67-45)34-108-28-40-16-88(82-76-40)22-46-60(102)52(94)10-68-46/h11-16,41-52,55-60,63-68,89-94,97-102H,1-10,17-34H2,(H,69,95)(H,70,96)/t41-,42-,43-,44-,45-,46-,47+,48+,49+,50+,51+,52+,55-,56-,57-,58-,59-,60-/m0/s1. The van der Waals surface area contributed by atoms with E-state index in [0.717, 1.165) is 0 Å². The summed E-state index contributed by atoms with van der Waals surface area (Å²) in [5.74, 6) is -0.975. The van der Waals surface area contributed by atoms with Crippen LogP contribution in [0.4, 0.5) is 0 Å². The summed E-state index contributed by atoms with van der Waals surface area (Å²) in [6.07, 6.45) is -2.04. The molecular formula is C62H100N26O20. The third-order valence-electron chi connectivity index (χ3n) is 19.8. The summed E-state index contributed by atoms with van der Waals surface area (Å²) in [5.41, 5.74) is -0.641. The van der Waals surface area contributed by atoms with Gasteiger partial charge in [-0.25, -0.2) is 0 Å². The molecule has 6 aliphatic heterocycles. The third kappa shape index (κ3) is 21.9. The highest BCUT2D eigenvalue weighted by atomic mass is 16.5. The van der Waals surface area contributed by atoms with Gasteiger partial charge in [0, 0.05) is 52.1 Å². The number of carbonyl (C=O) groups is 2. The van der Waals surface area contributed by atoms with Crippen LogP contribution in [0.15, 0.2) is 37.2 Å². The third-order valence-corrected chi connectivity index (χ3v) is 19.8. The Morgan fingerprint density at radius 1 is 0.324 bits per heavy atom. The average Bonchev–Trinajstić information content (AvgIpc) is 1.26. The van der Waals surface area contributed by atoms with Crippen molar-refractivity contribution in [2.75, 3.05) is 78.9 Å². The van der Waals surface area contributed by atoms with E-state index in [0.29, 0.717) is 34.2 Å². The molecular weight excluding hydrogens is 1430 g/mol. The Morgan fingerprint density at radius 2 is 0.500 bits per heavy atom. The molecule has 598 valence electrons. The number of nitrogens with zero attached hydrogens (tertiary/aromatic N) is 18. The number of hydrogen-bond acceptors (Lipinski definition) is 38. The number of amides is 2. The maximum absolute atomic E-state index is 14.6. The van der Waals surface area contributed by atoms with Gasteiger partial charge in [0.15, 0.2) is 0 Å². The van der Waals surface area contributed by atoms with Crippen LogP contribution in [-0.4, -0.2) is 363 Å². The predicted octanol–water partition coefficient (Wildman–Crippen LogP) is -12.7. The highest BCUT2D eigenvalue weighted by Crippen LogP contribution is 2.21. The summed E-state index contributed by atoms with van der Waals surface area (Å²) in [6, 6.07) is -2.98. The van der Waals surface area contributed by atoms with Crippen LogP contribution in [0, 0.1) is 0 Å². The number of aliphatic hydroxyl groups is 12. The van der Waals surface area contributed by atoms with Crippen molar-refractivity contribution < 1.29 is 99.3 Å². The van der Waals surface area contributed by atoms with Gasteiger partial charge in [-0.05, 0) is 12.8 Å². The number of aromatic nitrogens is 18. The fraction of sp³-hybridized carbons (Fsp3) is 0.774. The quantitative estimate of drug-likeness (QED) is 0.0158. The highest BCUT2D eigenvalue weighted by molar-refractivity contribution is 5.78. The Balaban J connectivity index is 0.739. The van der Waals surface area contributed by atoms with Crippen LogP contribution in [0.5, 0.6) is 0 Å². The molecule has 0 bridgehead atoms. The summed E-state index contributed by atoms with van der Waals surface area (Å²) in [7, 11) is 0. The van der Waals surface area contributed by atoms with Gasteiger partial charge in [-0.1, -0.05) is 31.3 Å². The van der Waals surface area contributed by atoms with Crippen molar-refractivity contribution >= 4 is 11.8 Å². The zero-order valence-electron chi connectivity index (χ0n) is 59.3. The molecule has 0 unspecified atom stereocenters. The van der Waals surface area contributed by atoms with E-state index in [9.17, 15) is 70.9 Å². The average molecular weight is 1530 g/mol. The minimum absolute atomic E-state index is 0.124. The van der Waals surface area contributed by atoms with Crippen molar-refractivity contribution in [2.24, 2.45) is 0 Å². The summed E-state index contributed by atoms with van der Waals surface area (Å²) in [5, 5.41) is 199. The lowest BCUT2D eigenvalue weighted by Crippen LogP contribution is -2.58. The first-order valence-corrected chi connectivity index (χ1v) is 36.1. The van der Waals surface area contributed by atoms with Crippen LogP contribution in [0.25, 0.3) is 0 Å². The number of β-amino-alcohol motifs (C(OH)–C–C–N with tert-alkyl or cyclic N) is 6. The van der Waals surface area contributed by atoms with Crippen LogP contribution in [0.2, 0.25) is 0 Å². The smallest absolute Gasteiger partial charge is 0.220 e. The van der Waals surface area contributed by atoms with E-state index in [2.05, 4.69) is 104 Å². The van der Waals surface area contributed by atoms with E-state index in [4.69, 9.17) is 28.4 Å². The summed E-state index contributed by atoms with van der Waals surface area (Å²) >= 11 is 0. The molecule has 46 nitrogen and oxygen atoms in total. The second-order valence-corrected chi connectivity index (χ2v) is 28.8. The molecule has 0 aromatic carbocycles. The molecule has 108 heavy (non-hydrogen) atoms. The molecule has 46 heteroatoms. The van der Waals surface area contributed by atoms with Gasteiger partial charge in [-0.2, -0.15) is 0 Å². The second kappa shape index (κ2) is 37.7. The van der Waals surface area contributed by atoms with E-state index in [1.54, 1.807) is 37.2 Å². The Hall–Kier alpha value is -7.18. The number of aliphatic hydroxyl groups excluding tert-OH is 12. The van der Waals surface area contributed by atoms with Crippen molar-refractivity contribution in [3.63, 3.8) is 0 Å².